The summed E-state index contributed by atoms with van der Waals surface area (Å²) in [5.41, 5.74) is 5.56. The predicted molar refractivity (Wildman–Crippen MR) is 163 cm³/mol. The van der Waals surface area contributed by atoms with E-state index in [0.29, 0.717) is 50.6 Å². The number of imidazole rings is 1. The highest BCUT2D eigenvalue weighted by atomic mass is 16.5. The van der Waals surface area contributed by atoms with E-state index in [1.807, 2.05) is 39.1 Å². The number of carbonyl (C=O) groups is 3. The second kappa shape index (κ2) is 11.4. The molecule has 224 valence electrons. The molecule has 0 radical (unpaired) electrons. The summed E-state index contributed by atoms with van der Waals surface area (Å²) in [6.07, 6.45) is 4.48. The maximum Gasteiger partial charge on any atom is 0.262 e. The number of likely N-dealkylation sites (tertiary alicyclic amines) is 1. The standard InChI is InChI=1S/C33H37N5O5/c1-18-8-9-27(19(2)14-18)43-17-22(39)16-34-24-6-5-7-26(40)29(24)31-35-25-15-23-28(20(3)30(25)36-31)33(42)38(32(23)41)21-10-12-37(4)13-11-21/h5-6,8-9,14-15,21-22,34,39H,7,10-13,16-17H2,1-4H3,(H,35,36)/t22-/m1/s1. The molecule has 43 heavy (non-hydrogen) atoms. The van der Waals surface area contributed by atoms with Crippen molar-refractivity contribution in [1.29, 1.82) is 0 Å². The van der Waals surface area contributed by atoms with Crippen LogP contribution in [0.2, 0.25) is 0 Å². The normalized spacial score (nSPS) is 18.6. The van der Waals surface area contributed by atoms with Crippen LogP contribution in [0.25, 0.3) is 16.6 Å². The van der Waals surface area contributed by atoms with E-state index in [1.54, 1.807) is 25.1 Å². The van der Waals surface area contributed by atoms with Crippen LogP contribution < -0.4 is 10.1 Å². The van der Waals surface area contributed by atoms with Gasteiger partial charge in [-0.05, 0) is 83.1 Å². The summed E-state index contributed by atoms with van der Waals surface area (Å²) in [6, 6.07) is 7.45. The molecule has 1 atom stereocenters. The minimum atomic E-state index is -0.828. The lowest BCUT2D eigenvalue weighted by molar-refractivity contribution is -0.113. The fraction of sp³-hybridized carbons (Fsp3) is 0.394. The lowest BCUT2D eigenvalue weighted by Crippen LogP contribution is -2.46. The number of benzene rings is 2. The summed E-state index contributed by atoms with van der Waals surface area (Å²) >= 11 is 0. The van der Waals surface area contributed by atoms with Crippen LogP contribution in [0, 0.1) is 20.8 Å². The highest BCUT2D eigenvalue weighted by Gasteiger charge is 2.42. The minimum Gasteiger partial charge on any atom is -0.491 e. The zero-order chi connectivity index (χ0) is 30.4. The first-order chi connectivity index (χ1) is 20.6. The van der Waals surface area contributed by atoms with Crippen LogP contribution in [-0.4, -0.2) is 87.9 Å². The van der Waals surface area contributed by atoms with Gasteiger partial charge in [0.05, 0.1) is 27.7 Å². The number of Topliss-reactive ketones (excluding diaryl/α,β-unsaturated/α-hetero) is 1. The van der Waals surface area contributed by atoms with Gasteiger partial charge in [-0.3, -0.25) is 19.3 Å². The number of rotatable bonds is 8. The summed E-state index contributed by atoms with van der Waals surface area (Å²) in [5, 5.41) is 13.8. The molecule has 1 aliphatic carbocycles. The number of nitrogens with zero attached hydrogens (tertiary/aromatic N) is 3. The van der Waals surface area contributed by atoms with Crippen LogP contribution in [0.4, 0.5) is 0 Å². The summed E-state index contributed by atoms with van der Waals surface area (Å²) in [6.45, 7) is 7.70. The van der Waals surface area contributed by atoms with Crippen LogP contribution in [0.3, 0.4) is 0 Å². The molecule has 10 nitrogen and oxygen atoms in total. The van der Waals surface area contributed by atoms with E-state index in [9.17, 15) is 19.5 Å². The van der Waals surface area contributed by atoms with Gasteiger partial charge in [0.15, 0.2) is 5.78 Å². The number of amides is 2. The third-order valence-electron chi connectivity index (χ3n) is 8.62. The van der Waals surface area contributed by atoms with Crippen molar-refractivity contribution in [3.05, 3.63) is 75.8 Å². The van der Waals surface area contributed by atoms with Crippen molar-refractivity contribution >= 4 is 34.2 Å². The molecular weight excluding hydrogens is 546 g/mol. The highest BCUT2D eigenvalue weighted by molar-refractivity contribution is 6.25. The van der Waals surface area contributed by atoms with Crippen LogP contribution in [0.1, 0.15) is 62.5 Å². The number of carbonyl (C=O) groups excluding carboxylic acids is 3. The van der Waals surface area contributed by atoms with Gasteiger partial charge in [-0.15, -0.1) is 0 Å². The molecule has 0 bridgehead atoms. The Morgan fingerprint density at radius 2 is 1.88 bits per heavy atom. The third kappa shape index (κ3) is 5.36. The number of piperidine rings is 1. The average molecular weight is 584 g/mol. The van der Waals surface area contributed by atoms with E-state index in [0.717, 1.165) is 37.1 Å². The number of aryl methyl sites for hydroxylation is 3. The number of ketones is 1. The SMILES string of the molecule is Cc1ccc(OC[C@H](O)CNC2=C(c3nc4c(C)c5c(cc4[nH]3)C(=O)N(C3CCN(C)CC3)C5=O)C(=O)CC=C2)c(C)c1. The van der Waals surface area contributed by atoms with Crippen LogP contribution in [0.5, 0.6) is 5.75 Å². The van der Waals surface area contributed by atoms with Gasteiger partial charge in [-0.1, -0.05) is 23.8 Å². The number of ether oxygens (including phenoxy) is 1. The molecule has 2 aromatic carbocycles. The topological polar surface area (TPSA) is 128 Å². The summed E-state index contributed by atoms with van der Waals surface area (Å²) in [4.78, 5) is 51.7. The molecule has 1 fully saturated rings. The van der Waals surface area contributed by atoms with Crippen molar-refractivity contribution in [2.45, 2.75) is 52.2 Å². The number of aliphatic hydroxyl groups excluding tert-OH is 1. The maximum atomic E-state index is 13.5. The number of aromatic amines is 1. The molecule has 1 saturated heterocycles. The molecule has 3 heterocycles. The minimum absolute atomic E-state index is 0.0865. The molecule has 3 N–H and O–H groups in total. The number of imide groups is 1. The number of hydrogen-bond donors (Lipinski definition) is 3. The van der Waals surface area contributed by atoms with Crippen LogP contribution in [-0.2, 0) is 4.79 Å². The predicted octanol–water partition coefficient (Wildman–Crippen LogP) is 3.45. The number of aromatic nitrogens is 2. The Hall–Kier alpha value is -4.28. The summed E-state index contributed by atoms with van der Waals surface area (Å²) < 4.78 is 5.82. The van der Waals surface area contributed by atoms with Gasteiger partial charge in [0.2, 0.25) is 0 Å². The van der Waals surface area contributed by atoms with Gasteiger partial charge in [-0.2, -0.15) is 0 Å². The lowest BCUT2D eigenvalue weighted by Gasteiger charge is -2.33. The molecule has 10 heteroatoms. The number of allylic oxidation sites excluding steroid dienone is 3. The van der Waals surface area contributed by atoms with Gasteiger partial charge < -0.3 is 25.0 Å². The average Bonchev–Trinajstić information content (AvgIpc) is 3.50. The quantitative estimate of drug-likeness (QED) is 0.344. The van der Waals surface area contributed by atoms with Crippen molar-refractivity contribution in [1.82, 2.24) is 25.1 Å². The van der Waals surface area contributed by atoms with Gasteiger partial charge in [0.25, 0.3) is 11.8 Å². The second-order valence-corrected chi connectivity index (χ2v) is 11.9. The van der Waals surface area contributed by atoms with E-state index >= 15 is 0 Å². The van der Waals surface area contributed by atoms with Crippen molar-refractivity contribution < 1.29 is 24.2 Å². The molecule has 2 amide bonds. The van der Waals surface area contributed by atoms with Crippen molar-refractivity contribution in [2.24, 2.45) is 0 Å². The van der Waals surface area contributed by atoms with E-state index < -0.39 is 6.10 Å². The second-order valence-electron chi connectivity index (χ2n) is 11.9. The van der Waals surface area contributed by atoms with Gasteiger partial charge >= 0.3 is 0 Å². The Balaban J connectivity index is 1.23. The Morgan fingerprint density at radius 3 is 2.63 bits per heavy atom. The van der Waals surface area contributed by atoms with Crippen molar-refractivity contribution in [3.63, 3.8) is 0 Å². The third-order valence-corrected chi connectivity index (χ3v) is 8.62. The molecule has 2 aliphatic heterocycles. The van der Waals surface area contributed by atoms with Gasteiger partial charge in [0, 0.05) is 24.7 Å². The maximum absolute atomic E-state index is 13.5. The summed E-state index contributed by atoms with van der Waals surface area (Å²) in [7, 11) is 2.04. The Kier molecular flexibility index (Phi) is 7.66. The first-order valence-corrected chi connectivity index (χ1v) is 14.8. The Morgan fingerprint density at radius 1 is 1.12 bits per heavy atom. The molecule has 0 unspecified atom stereocenters. The molecule has 3 aromatic rings. The number of H-pyrrole nitrogens is 1. The largest absolute Gasteiger partial charge is 0.491 e. The number of aliphatic hydroxyl groups is 1. The molecule has 1 aromatic heterocycles. The number of hydrogen-bond acceptors (Lipinski definition) is 8. The highest BCUT2D eigenvalue weighted by Crippen LogP contribution is 2.35. The summed E-state index contributed by atoms with van der Waals surface area (Å²) in [5.74, 6) is 0.399. The first kappa shape index (κ1) is 28.8. The van der Waals surface area contributed by atoms with Crippen LogP contribution in [0.15, 0.2) is 42.1 Å². The number of fused-ring (bicyclic) bond motifs is 2. The van der Waals surface area contributed by atoms with E-state index in [2.05, 4.69) is 15.2 Å². The molecule has 6 rings (SSSR count). The van der Waals surface area contributed by atoms with E-state index in [4.69, 9.17) is 9.72 Å². The molecule has 0 spiro atoms. The zero-order valence-corrected chi connectivity index (χ0v) is 25.0. The zero-order valence-electron chi connectivity index (χ0n) is 25.0. The van der Waals surface area contributed by atoms with E-state index in [1.165, 1.54) is 4.90 Å². The smallest absolute Gasteiger partial charge is 0.262 e. The first-order valence-electron chi connectivity index (χ1n) is 14.8. The fourth-order valence-corrected chi connectivity index (χ4v) is 6.26. The van der Waals surface area contributed by atoms with Crippen LogP contribution >= 0.6 is 0 Å². The monoisotopic (exact) mass is 583 g/mol. The Bertz CT molecular complexity index is 1700. The molecule has 3 aliphatic rings. The van der Waals surface area contributed by atoms with Gasteiger partial charge in [0.1, 0.15) is 24.3 Å². The van der Waals surface area contributed by atoms with Crippen molar-refractivity contribution in [2.75, 3.05) is 33.3 Å². The lowest BCUT2D eigenvalue weighted by atomic mass is 10.00. The van der Waals surface area contributed by atoms with Gasteiger partial charge in [-0.25, -0.2) is 4.98 Å². The van der Waals surface area contributed by atoms with E-state index in [-0.39, 0.29) is 43.2 Å². The Labute approximate surface area is 250 Å². The fourth-order valence-electron chi connectivity index (χ4n) is 6.26. The number of nitrogens with one attached hydrogen (secondary N) is 2. The molecular formula is C33H37N5O5. The molecule has 0 saturated carbocycles. The van der Waals surface area contributed by atoms with Crippen molar-refractivity contribution in [3.8, 4) is 5.75 Å².